The number of amides is 1. The minimum Gasteiger partial charge on any atom is -0.467 e. The van der Waals surface area contributed by atoms with Gasteiger partial charge in [-0.25, -0.2) is 4.39 Å². The van der Waals surface area contributed by atoms with E-state index >= 15 is 0 Å². The normalized spacial score (nSPS) is 21.4. The molecule has 4 aliphatic rings. The SMILES string of the molecule is COc1nc2c(c(N3CCCn4nc(C(=O)N(C)C)c(C)c4C3)n1)COC(c1cc(N)cc(Cl)c1Cl)C2.F/C=C1/CC2CCCN2C1. The summed E-state index contributed by atoms with van der Waals surface area (Å²) in [6, 6.07) is 4.37. The van der Waals surface area contributed by atoms with Gasteiger partial charge in [0.2, 0.25) is 0 Å². The number of ether oxygens (including phenoxy) is 2. The molecule has 2 unspecified atom stereocenters. The van der Waals surface area contributed by atoms with Crippen molar-refractivity contribution >= 4 is 40.6 Å². The molecule has 0 spiro atoms. The smallest absolute Gasteiger partial charge is 0.318 e. The van der Waals surface area contributed by atoms with Gasteiger partial charge in [-0.2, -0.15) is 15.1 Å². The van der Waals surface area contributed by atoms with Crippen molar-refractivity contribution in [3.8, 4) is 6.01 Å². The van der Waals surface area contributed by atoms with E-state index in [1.807, 2.05) is 11.6 Å². The molecule has 1 amide bonds. The summed E-state index contributed by atoms with van der Waals surface area (Å²) in [4.78, 5) is 28.2. The molecule has 2 saturated heterocycles. The largest absolute Gasteiger partial charge is 0.467 e. The highest BCUT2D eigenvalue weighted by Gasteiger charge is 2.33. The molecule has 2 fully saturated rings. The van der Waals surface area contributed by atoms with Crippen molar-refractivity contribution < 1.29 is 18.7 Å². The van der Waals surface area contributed by atoms with E-state index in [2.05, 4.69) is 19.9 Å². The Labute approximate surface area is 284 Å². The number of hydrogen-bond donors (Lipinski definition) is 1. The number of aromatic nitrogens is 4. The fourth-order valence-corrected chi connectivity index (χ4v) is 7.40. The quantitative estimate of drug-likeness (QED) is 0.355. The molecular formula is C33H41Cl2FN8O3. The number of halogens is 3. The second-order valence-electron chi connectivity index (χ2n) is 12.7. The van der Waals surface area contributed by atoms with Crippen LogP contribution in [0.4, 0.5) is 15.9 Å². The summed E-state index contributed by atoms with van der Waals surface area (Å²) in [5, 5.41) is 5.44. The van der Waals surface area contributed by atoms with Gasteiger partial charge in [-0.15, -0.1) is 0 Å². The Kier molecular flexibility index (Phi) is 9.93. The van der Waals surface area contributed by atoms with Crippen LogP contribution in [0, 0.1) is 6.92 Å². The van der Waals surface area contributed by atoms with Gasteiger partial charge in [0.15, 0.2) is 5.69 Å². The number of fused-ring (bicyclic) bond motifs is 3. The third-order valence-corrected chi connectivity index (χ3v) is 10.2. The van der Waals surface area contributed by atoms with Gasteiger partial charge in [0, 0.05) is 68.6 Å². The topological polar surface area (TPSA) is 115 Å². The lowest BCUT2D eigenvalue weighted by Crippen LogP contribution is -2.29. The number of aryl methyl sites for hydroxylation is 1. The summed E-state index contributed by atoms with van der Waals surface area (Å²) in [6.07, 6.45) is 5.30. The lowest BCUT2D eigenvalue weighted by atomic mass is 9.98. The highest BCUT2D eigenvalue weighted by atomic mass is 35.5. The highest BCUT2D eigenvalue weighted by molar-refractivity contribution is 6.42. The van der Waals surface area contributed by atoms with E-state index in [0.29, 0.717) is 53.6 Å². The first-order chi connectivity index (χ1) is 22.6. The molecule has 47 heavy (non-hydrogen) atoms. The number of anilines is 2. The fraction of sp³-hybridized carbons (Fsp3) is 0.515. The lowest BCUT2D eigenvalue weighted by Gasteiger charge is -2.31. The molecule has 0 aliphatic carbocycles. The molecule has 4 aliphatic heterocycles. The first kappa shape index (κ1) is 33.5. The number of carbonyl (C=O) groups excluding carboxylic acids is 1. The molecular weight excluding hydrogens is 646 g/mol. The Morgan fingerprint density at radius 3 is 2.68 bits per heavy atom. The standard InChI is InChI=1S/C25H29Cl2N7O3.C8H12FN/c1-13-19-11-33(6-5-7-34(19)31-22(13)24(35)32(2)3)23-16-12-37-20(10-18(16)29-25(30-23)36-4)15-8-14(28)9-17(26)21(15)27;9-5-7-4-8-2-1-3-10(8)6-7/h8-9,20H,5-7,10-12,28H2,1-4H3;5,8H,1-4,6H2/b;7-5-. The maximum Gasteiger partial charge on any atom is 0.318 e. The molecule has 0 saturated carbocycles. The number of benzene rings is 1. The summed E-state index contributed by atoms with van der Waals surface area (Å²) >= 11 is 12.8. The molecule has 1 aromatic carbocycles. The third-order valence-electron chi connectivity index (χ3n) is 9.39. The van der Waals surface area contributed by atoms with Crippen molar-refractivity contribution in [2.45, 2.75) is 70.9 Å². The lowest BCUT2D eigenvalue weighted by molar-refractivity contribution is 0.0258. The average Bonchev–Trinajstić information content (AvgIpc) is 3.70. The molecule has 6 heterocycles. The molecule has 252 valence electrons. The molecule has 0 radical (unpaired) electrons. The van der Waals surface area contributed by atoms with E-state index in [0.717, 1.165) is 71.7 Å². The van der Waals surface area contributed by atoms with Crippen LogP contribution >= 0.6 is 23.2 Å². The predicted octanol–water partition coefficient (Wildman–Crippen LogP) is 5.51. The molecule has 7 rings (SSSR count). The molecule has 3 aromatic rings. The van der Waals surface area contributed by atoms with Crippen molar-refractivity contribution in [1.82, 2.24) is 29.5 Å². The predicted molar refractivity (Wildman–Crippen MR) is 180 cm³/mol. The second kappa shape index (κ2) is 14.0. The average molecular weight is 688 g/mol. The van der Waals surface area contributed by atoms with E-state index in [9.17, 15) is 9.18 Å². The molecule has 0 bridgehead atoms. The van der Waals surface area contributed by atoms with Crippen molar-refractivity contribution in [1.29, 1.82) is 0 Å². The molecule has 2 N–H and O–H groups in total. The van der Waals surface area contributed by atoms with Crippen LogP contribution in [-0.2, 0) is 30.9 Å². The zero-order valence-corrected chi connectivity index (χ0v) is 28.7. The van der Waals surface area contributed by atoms with Crippen molar-refractivity contribution in [2.24, 2.45) is 0 Å². The zero-order valence-electron chi connectivity index (χ0n) is 27.2. The molecule has 14 heteroatoms. The Balaban J connectivity index is 0.000000327. The molecule has 11 nitrogen and oxygen atoms in total. The van der Waals surface area contributed by atoms with E-state index in [1.165, 1.54) is 19.4 Å². The van der Waals surface area contributed by atoms with Crippen LogP contribution < -0.4 is 15.4 Å². The Bertz CT molecular complexity index is 1680. The fourth-order valence-electron chi connectivity index (χ4n) is 6.93. The van der Waals surface area contributed by atoms with Crippen molar-refractivity contribution in [3.05, 3.63) is 67.9 Å². The number of nitrogens with zero attached hydrogens (tertiary/aromatic N) is 7. The monoisotopic (exact) mass is 686 g/mol. The van der Waals surface area contributed by atoms with Gasteiger partial charge in [0.1, 0.15) is 5.82 Å². The summed E-state index contributed by atoms with van der Waals surface area (Å²) in [6.45, 7) is 6.33. The first-order valence-corrected chi connectivity index (χ1v) is 16.7. The maximum atomic E-state index is 12.7. The van der Waals surface area contributed by atoms with E-state index < -0.39 is 0 Å². The summed E-state index contributed by atoms with van der Waals surface area (Å²) in [7, 11) is 5.02. The highest BCUT2D eigenvalue weighted by Crippen LogP contribution is 2.41. The van der Waals surface area contributed by atoms with E-state index in [-0.39, 0.29) is 18.0 Å². The summed E-state index contributed by atoms with van der Waals surface area (Å²) in [5.74, 6) is 0.650. The van der Waals surface area contributed by atoms with Gasteiger partial charge in [0.05, 0.1) is 54.1 Å². The number of rotatable bonds is 4. The number of carbonyl (C=O) groups is 1. The van der Waals surface area contributed by atoms with Gasteiger partial charge in [-0.3, -0.25) is 14.4 Å². The number of nitrogen functional groups attached to an aromatic ring is 1. The summed E-state index contributed by atoms with van der Waals surface area (Å²) < 4.78 is 25.7. The van der Waals surface area contributed by atoms with Gasteiger partial charge < -0.3 is 25.0 Å². The van der Waals surface area contributed by atoms with Gasteiger partial charge >= 0.3 is 6.01 Å². The van der Waals surface area contributed by atoms with E-state index in [4.69, 9.17) is 43.4 Å². The Hall–Kier alpha value is -3.45. The van der Waals surface area contributed by atoms with Crippen LogP contribution in [0.15, 0.2) is 24.0 Å². The zero-order chi connectivity index (χ0) is 33.4. The Morgan fingerprint density at radius 1 is 1.15 bits per heavy atom. The first-order valence-electron chi connectivity index (χ1n) is 15.9. The maximum absolute atomic E-state index is 12.7. The van der Waals surface area contributed by atoms with Crippen LogP contribution in [0.5, 0.6) is 6.01 Å². The number of nitrogens with two attached hydrogens (primary N) is 1. The third kappa shape index (κ3) is 6.78. The molecule has 2 atom stereocenters. The minimum absolute atomic E-state index is 0.106. The summed E-state index contributed by atoms with van der Waals surface area (Å²) in [5.41, 5.74) is 12.3. The van der Waals surface area contributed by atoms with Crippen LogP contribution in [0.25, 0.3) is 0 Å². The second-order valence-corrected chi connectivity index (χ2v) is 13.5. The van der Waals surface area contributed by atoms with Gasteiger partial charge in [-0.1, -0.05) is 23.2 Å². The van der Waals surface area contributed by atoms with Crippen LogP contribution in [0.3, 0.4) is 0 Å². The van der Waals surface area contributed by atoms with Crippen molar-refractivity contribution in [3.63, 3.8) is 0 Å². The van der Waals surface area contributed by atoms with Crippen LogP contribution in [0.2, 0.25) is 10.0 Å². The van der Waals surface area contributed by atoms with Gasteiger partial charge in [0.25, 0.3) is 5.91 Å². The van der Waals surface area contributed by atoms with Gasteiger partial charge in [-0.05, 0) is 56.9 Å². The number of methoxy groups -OCH3 is 1. The van der Waals surface area contributed by atoms with E-state index in [1.54, 1.807) is 38.2 Å². The Morgan fingerprint density at radius 2 is 1.96 bits per heavy atom. The van der Waals surface area contributed by atoms with Crippen LogP contribution in [-0.4, -0.2) is 82.3 Å². The van der Waals surface area contributed by atoms with Crippen molar-refractivity contribution in [2.75, 3.05) is 51.5 Å². The van der Waals surface area contributed by atoms with Crippen LogP contribution in [0.1, 0.15) is 70.4 Å². The number of hydrogen-bond acceptors (Lipinski definition) is 9. The molecule has 2 aromatic heterocycles. The minimum atomic E-state index is -0.360.